The van der Waals surface area contributed by atoms with Crippen molar-refractivity contribution >= 4 is 47.8 Å². The SMILES string of the molecule is Cc1cccc(P(c2ccccc2)c2ccccc2)c1-n1c(C)ccc1P(c1ccccc1)c1ccccc1. The van der Waals surface area contributed by atoms with Gasteiger partial charge in [0.25, 0.3) is 0 Å². The number of para-hydroxylation sites is 1. The molecule has 1 nitrogen and oxygen atoms in total. The number of aromatic nitrogens is 1. The molecule has 0 bridgehead atoms. The van der Waals surface area contributed by atoms with Gasteiger partial charge in [0, 0.05) is 18.9 Å². The van der Waals surface area contributed by atoms with Crippen molar-refractivity contribution < 1.29 is 0 Å². The molecule has 0 aliphatic rings. The highest BCUT2D eigenvalue weighted by molar-refractivity contribution is 7.80. The first-order valence-electron chi connectivity index (χ1n) is 13.3. The minimum atomic E-state index is -0.754. The summed E-state index contributed by atoms with van der Waals surface area (Å²) in [4.78, 5) is 0. The normalized spacial score (nSPS) is 11.3. The Morgan fingerprint density at radius 1 is 0.410 bits per heavy atom. The van der Waals surface area contributed by atoms with Crippen LogP contribution in [0.1, 0.15) is 11.3 Å². The molecule has 1 heterocycles. The summed E-state index contributed by atoms with van der Waals surface area (Å²) in [7, 11) is -1.51. The first kappa shape index (κ1) is 25.5. The molecule has 0 fully saturated rings. The van der Waals surface area contributed by atoms with E-state index in [9.17, 15) is 0 Å². The molecular formula is C36H31NP2. The molecule has 0 unspecified atom stereocenters. The summed E-state index contributed by atoms with van der Waals surface area (Å²) in [5.74, 6) is 0. The molecule has 6 rings (SSSR count). The van der Waals surface area contributed by atoms with Crippen LogP contribution in [0.5, 0.6) is 0 Å². The van der Waals surface area contributed by atoms with Crippen LogP contribution >= 0.6 is 15.8 Å². The maximum absolute atomic E-state index is 2.55. The lowest BCUT2D eigenvalue weighted by molar-refractivity contribution is 1.04. The highest BCUT2D eigenvalue weighted by Gasteiger charge is 2.26. The Morgan fingerprint density at radius 3 is 1.31 bits per heavy atom. The molecule has 0 aliphatic carbocycles. The summed E-state index contributed by atoms with van der Waals surface area (Å²) in [5, 5.41) is 6.85. The predicted octanol–water partition coefficient (Wildman–Crippen LogP) is 6.61. The molecule has 5 aromatic carbocycles. The van der Waals surface area contributed by atoms with Gasteiger partial charge in [-0.1, -0.05) is 140 Å². The maximum Gasteiger partial charge on any atom is 0.0571 e. The molecule has 0 atom stereocenters. The van der Waals surface area contributed by atoms with Gasteiger partial charge in [-0.15, -0.1) is 0 Å². The molecule has 0 N–H and O–H groups in total. The van der Waals surface area contributed by atoms with Crippen LogP contribution in [0.15, 0.2) is 152 Å². The number of benzene rings is 5. The largest absolute Gasteiger partial charge is 0.313 e. The van der Waals surface area contributed by atoms with Crippen LogP contribution in [0, 0.1) is 13.8 Å². The van der Waals surface area contributed by atoms with Gasteiger partial charge >= 0.3 is 0 Å². The van der Waals surface area contributed by atoms with E-state index < -0.39 is 15.8 Å². The Labute approximate surface area is 234 Å². The number of hydrogen-bond donors (Lipinski definition) is 0. The molecule has 0 spiro atoms. The second-order valence-corrected chi connectivity index (χ2v) is 14.0. The lowest BCUT2D eigenvalue weighted by Gasteiger charge is -2.28. The van der Waals surface area contributed by atoms with E-state index in [0.717, 1.165) is 0 Å². The zero-order valence-electron chi connectivity index (χ0n) is 22.3. The first-order valence-corrected chi connectivity index (χ1v) is 16.0. The second kappa shape index (κ2) is 11.5. The third-order valence-electron chi connectivity index (χ3n) is 7.02. The second-order valence-electron chi connectivity index (χ2n) is 9.62. The van der Waals surface area contributed by atoms with Crippen LogP contribution in [0.25, 0.3) is 5.69 Å². The molecule has 0 aliphatic heterocycles. The van der Waals surface area contributed by atoms with Gasteiger partial charge in [0.15, 0.2) is 0 Å². The Balaban J connectivity index is 1.62. The van der Waals surface area contributed by atoms with Crippen molar-refractivity contribution in [2.24, 2.45) is 0 Å². The third kappa shape index (κ3) is 5.14. The van der Waals surface area contributed by atoms with Crippen LogP contribution in [0.3, 0.4) is 0 Å². The molecule has 3 heteroatoms. The van der Waals surface area contributed by atoms with E-state index in [1.807, 2.05) is 0 Å². The predicted molar refractivity (Wildman–Crippen MR) is 173 cm³/mol. The standard InChI is InChI=1S/C36H31NP2/c1-28-16-15-25-34(38(30-17-7-3-8-18-30)31-19-9-4-10-20-31)36(28)37-29(2)26-27-35(37)39(32-21-11-5-12-22-32)33-23-13-6-14-24-33/h3-27H,1-2H3. The Bertz CT molecular complexity index is 1580. The Kier molecular flexibility index (Phi) is 7.55. The Hall–Kier alpha value is -3.76. The van der Waals surface area contributed by atoms with Gasteiger partial charge in [-0.3, -0.25) is 0 Å². The lowest BCUT2D eigenvalue weighted by atomic mass is 10.2. The molecule has 190 valence electrons. The molecule has 0 saturated carbocycles. The molecule has 6 aromatic rings. The van der Waals surface area contributed by atoms with E-state index in [2.05, 4.69) is 170 Å². The van der Waals surface area contributed by atoms with Crippen molar-refractivity contribution in [2.45, 2.75) is 13.8 Å². The topological polar surface area (TPSA) is 4.93 Å². The van der Waals surface area contributed by atoms with E-state index in [4.69, 9.17) is 0 Å². The van der Waals surface area contributed by atoms with E-state index >= 15 is 0 Å². The van der Waals surface area contributed by atoms with Crippen molar-refractivity contribution in [1.82, 2.24) is 4.57 Å². The average Bonchev–Trinajstić information content (AvgIpc) is 3.36. The summed E-state index contributed by atoms with van der Waals surface area (Å²) in [5.41, 5.74) is 5.22. The monoisotopic (exact) mass is 539 g/mol. The van der Waals surface area contributed by atoms with Crippen molar-refractivity contribution in [3.63, 3.8) is 0 Å². The molecule has 0 amide bonds. The molecule has 1 aromatic heterocycles. The van der Waals surface area contributed by atoms with Gasteiger partial charge in [0.2, 0.25) is 0 Å². The maximum atomic E-state index is 2.55. The van der Waals surface area contributed by atoms with Gasteiger partial charge in [-0.25, -0.2) is 0 Å². The molecule has 0 radical (unpaired) electrons. The average molecular weight is 540 g/mol. The highest BCUT2D eigenvalue weighted by atomic mass is 31.1. The fourth-order valence-corrected chi connectivity index (χ4v) is 10.2. The minimum absolute atomic E-state index is 0.752. The van der Waals surface area contributed by atoms with E-state index in [0.29, 0.717) is 0 Å². The summed E-state index contributed by atoms with van der Waals surface area (Å²) in [6, 6.07) is 55.5. The zero-order chi connectivity index (χ0) is 26.6. The van der Waals surface area contributed by atoms with Crippen LogP contribution < -0.4 is 32.0 Å². The zero-order valence-corrected chi connectivity index (χ0v) is 24.1. The summed E-state index contributed by atoms with van der Waals surface area (Å²) in [6.45, 7) is 4.51. The van der Waals surface area contributed by atoms with E-state index in [-0.39, 0.29) is 0 Å². The van der Waals surface area contributed by atoms with Gasteiger partial charge in [-0.05, 0) is 60.7 Å². The van der Waals surface area contributed by atoms with E-state index in [1.165, 1.54) is 48.9 Å². The summed E-state index contributed by atoms with van der Waals surface area (Å²) in [6.07, 6.45) is 0. The van der Waals surface area contributed by atoms with Gasteiger partial charge in [0.05, 0.1) is 11.1 Å². The highest BCUT2D eigenvalue weighted by Crippen LogP contribution is 2.39. The summed E-state index contributed by atoms with van der Waals surface area (Å²) < 4.78 is 2.55. The van der Waals surface area contributed by atoms with Crippen LogP contribution in [-0.4, -0.2) is 4.57 Å². The van der Waals surface area contributed by atoms with Crippen molar-refractivity contribution in [3.05, 3.63) is 163 Å². The quantitative estimate of drug-likeness (QED) is 0.201. The molecule has 0 saturated heterocycles. The van der Waals surface area contributed by atoms with Crippen LogP contribution in [-0.2, 0) is 0 Å². The van der Waals surface area contributed by atoms with E-state index in [1.54, 1.807) is 0 Å². The lowest BCUT2D eigenvalue weighted by Crippen LogP contribution is -2.31. The van der Waals surface area contributed by atoms with Gasteiger partial charge in [-0.2, -0.15) is 0 Å². The fraction of sp³-hybridized carbons (Fsp3) is 0.0556. The molecular weight excluding hydrogens is 508 g/mol. The number of hydrogen-bond acceptors (Lipinski definition) is 0. The Morgan fingerprint density at radius 2 is 0.846 bits per heavy atom. The molecule has 39 heavy (non-hydrogen) atoms. The van der Waals surface area contributed by atoms with Crippen molar-refractivity contribution in [1.29, 1.82) is 0 Å². The van der Waals surface area contributed by atoms with Gasteiger partial charge in [0.1, 0.15) is 0 Å². The van der Waals surface area contributed by atoms with Crippen LogP contribution in [0.4, 0.5) is 0 Å². The van der Waals surface area contributed by atoms with Crippen molar-refractivity contribution in [3.8, 4) is 5.69 Å². The third-order valence-corrected chi connectivity index (χ3v) is 11.9. The summed E-state index contributed by atoms with van der Waals surface area (Å²) >= 11 is 0. The number of aryl methyl sites for hydroxylation is 2. The minimum Gasteiger partial charge on any atom is -0.313 e. The number of rotatable bonds is 7. The first-order chi connectivity index (χ1) is 19.2. The fourth-order valence-electron chi connectivity index (χ4n) is 5.25. The van der Waals surface area contributed by atoms with Crippen molar-refractivity contribution in [2.75, 3.05) is 0 Å². The smallest absolute Gasteiger partial charge is 0.0571 e. The number of nitrogens with zero attached hydrogens (tertiary/aromatic N) is 1. The van der Waals surface area contributed by atoms with Crippen LogP contribution in [0.2, 0.25) is 0 Å². The van der Waals surface area contributed by atoms with Gasteiger partial charge < -0.3 is 4.57 Å².